The number of carbonyl (C=O) groups is 1. The summed E-state index contributed by atoms with van der Waals surface area (Å²) in [6.45, 7) is 0.00797. The van der Waals surface area contributed by atoms with E-state index < -0.39 is 4.92 Å². The Morgan fingerprint density at radius 3 is 2.55 bits per heavy atom. The standard InChI is InChI=1S/C21H17FN6O3/c22-17-8-6-15(7-9-17)10-23-20(29)14-26-13-19(28(30)31)21(25-26)16-11-24-27(12-16)18-4-2-1-3-5-18/h1-9,11-13H,10,14H2,(H,23,29). The minimum Gasteiger partial charge on any atom is -0.350 e. The summed E-state index contributed by atoms with van der Waals surface area (Å²) in [5.41, 5.74) is 1.89. The number of hydrogen-bond donors (Lipinski definition) is 1. The minimum absolute atomic E-state index is 0.124. The van der Waals surface area contributed by atoms with Crippen LogP contribution in [-0.4, -0.2) is 30.4 Å². The summed E-state index contributed by atoms with van der Waals surface area (Å²) in [4.78, 5) is 23.2. The molecule has 1 amide bonds. The molecule has 9 nitrogen and oxygen atoms in total. The summed E-state index contributed by atoms with van der Waals surface area (Å²) in [6, 6.07) is 15.1. The molecule has 2 aromatic carbocycles. The molecule has 0 bridgehead atoms. The third-order valence-electron chi connectivity index (χ3n) is 4.52. The fraction of sp³-hybridized carbons (Fsp3) is 0.0952. The average molecular weight is 420 g/mol. The molecule has 0 saturated carbocycles. The van der Waals surface area contributed by atoms with Crippen molar-refractivity contribution in [3.8, 4) is 16.9 Å². The van der Waals surface area contributed by atoms with Crippen molar-refractivity contribution in [2.75, 3.05) is 0 Å². The van der Waals surface area contributed by atoms with Crippen LogP contribution in [-0.2, 0) is 17.9 Å². The molecule has 4 aromatic rings. The molecule has 0 fully saturated rings. The van der Waals surface area contributed by atoms with Crippen LogP contribution >= 0.6 is 0 Å². The van der Waals surface area contributed by atoms with Gasteiger partial charge in [0.1, 0.15) is 18.6 Å². The van der Waals surface area contributed by atoms with Crippen LogP contribution in [0.3, 0.4) is 0 Å². The van der Waals surface area contributed by atoms with E-state index in [1.165, 1.54) is 29.2 Å². The van der Waals surface area contributed by atoms with Gasteiger partial charge < -0.3 is 5.32 Å². The summed E-state index contributed by atoms with van der Waals surface area (Å²) in [5.74, 6) is -0.740. The quantitative estimate of drug-likeness (QED) is 0.365. The second kappa shape index (κ2) is 8.57. The Labute approximate surface area is 175 Å². The van der Waals surface area contributed by atoms with Crippen LogP contribution in [0.5, 0.6) is 0 Å². The molecule has 31 heavy (non-hydrogen) atoms. The Morgan fingerprint density at radius 2 is 1.84 bits per heavy atom. The molecule has 0 radical (unpaired) electrons. The molecule has 0 atom stereocenters. The van der Waals surface area contributed by atoms with Gasteiger partial charge in [-0.05, 0) is 29.8 Å². The first-order chi connectivity index (χ1) is 15.0. The molecular weight excluding hydrogens is 403 g/mol. The molecule has 2 aromatic heterocycles. The molecular formula is C21H17FN6O3. The number of hydrogen-bond acceptors (Lipinski definition) is 5. The van der Waals surface area contributed by atoms with Crippen molar-refractivity contribution in [1.29, 1.82) is 0 Å². The van der Waals surface area contributed by atoms with Gasteiger partial charge in [0.25, 0.3) is 0 Å². The minimum atomic E-state index is -0.547. The number of benzene rings is 2. The van der Waals surface area contributed by atoms with Crippen LogP contribution < -0.4 is 5.32 Å². The van der Waals surface area contributed by atoms with Gasteiger partial charge >= 0.3 is 5.69 Å². The van der Waals surface area contributed by atoms with E-state index in [9.17, 15) is 19.3 Å². The Hall–Kier alpha value is -4.34. The molecule has 0 aliphatic carbocycles. The van der Waals surface area contributed by atoms with Gasteiger partial charge in [0.2, 0.25) is 5.91 Å². The second-order valence-electron chi connectivity index (χ2n) is 6.73. The zero-order chi connectivity index (χ0) is 21.8. The molecule has 0 aliphatic heterocycles. The van der Waals surface area contributed by atoms with Crippen LogP contribution in [0.1, 0.15) is 5.56 Å². The first-order valence-corrected chi connectivity index (χ1v) is 9.33. The van der Waals surface area contributed by atoms with E-state index in [2.05, 4.69) is 15.5 Å². The maximum atomic E-state index is 13.0. The molecule has 0 aliphatic rings. The van der Waals surface area contributed by atoms with E-state index in [1.807, 2.05) is 30.3 Å². The largest absolute Gasteiger partial charge is 0.350 e. The number of nitrogens with one attached hydrogen (secondary N) is 1. The molecule has 10 heteroatoms. The lowest BCUT2D eigenvalue weighted by atomic mass is 10.2. The Bertz CT molecular complexity index is 1220. The van der Waals surface area contributed by atoms with Crippen molar-refractivity contribution < 1.29 is 14.1 Å². The molecule has 0 saturated heterocycles. The van der Waals surface area contributed by atoms with Crippen molar-refractivity contribution in [2.24, 2.45) is 0 Å². The van der Waals surface area contributed by atoms with Crippen molar-refractivity contribution in [3.05, 3.63) is 94.7 Å². The number of para-hydroxylation sites is 1. The predicted octanol–water partition coefficient (Wildman–Crippen LogP) is 3.10. The summed E-state index contributed by atoms with van der Waals surface area (Å²) < 4.78 is 15.8. The maximum Gasteiger partial charge on any atom is 0.315 e. The monoisotopic (exact) mass is 420 g/mol. The third kappa shape index (κ3) is 4.64. The van der Waals surface area contributed by atoms with Crippen LogP contribution in [0.4, 0.5) is 10.1 Å². The SMILES string of the molecule is O=C(Cn1cc([N+](=O)[O-])c(-c2cnn(-c3ccccc3)c2)n1)NCc1ccc(F)cc1. The van der Waals surface area contributed by atoms with Crippen LogP contribution in [0, 0.1) is 15.9 Å². The zero-order valence-corrected chi connectivity index (χ0v) is 16.2. The third-order valence-corrected chi connectivity index (χ3v) is 4.52. The van der Waals surface area contributed by atoms with Crippen LogP contribution in [0.15, 0.2) is 73.2 Å². The van der Waals surface area contributed by atoms with Crippen LogP contribution in [0.2, 0.25) is 0 Å². The summed E-state index contributed by atoms with van der Waals surface area (Å²) in [7, 11) is 0. The lowest BCUT2D eigenvalue weighted by molar-refractivity contribution is -0.384. The van der Waals surface area contributed by atoms with E-state index in [0.29, 0.717) is 5.56 Å². The Balaban J connectivity index is 1.50. The van der Waals surface area contributed by atoms with Gasteiger partial charge in [0.15, 0.2) is 5.69 Å². The zero-order valence-electron chi connectivity index (χ0n) is 16.2. The van der Waals surface area contributed by atoms with Gasteiger partial charge in [-0.2, -0.15) is 10.2 Å². The number of rotatable bonds is 7. The smallest absolute Gasteiger partial charge is 0.315 e. The molecule has 2 heterocycles. The summed E-state index contributed by atoms with van der Waals surface area (Å²) in [5, 5.41) is 22.7. The first kappa shape index (κ1) is 20.0. The topological polar surface area (TPSA) is 108 Å². The highest BCUT2D eigenvalue weighted by atomic mass is 19.1. The highest BCUT2D eigenvalue weighted by Gasteiger charge is 2.23. The second-order valence-corrected chi connectivity index (χ2v) is 6.73. The van der Waals surface area contributed by atoms with Crippen LogP contribution in [0.25, 0.3) is 16.9 Å². The maximum absolute atomic E-state index is 13.0. The molecule has 0 spiro atoms. The Kier molecular flexibility index (Phi) is 5.52. The van der Waals surface area contributed by atoms with E-state index in [4.69, 9.17) is 0 Å². The molecule has 4 rings (SSSR count). The normalized spacial score (nSPS) is 10.7. The summed E-state index contributed by atoms with van der Waals surface area (Å²) >= 11 is 0. The van der Waals surface area contributed by atoms with E-state index >= 15 is 0 Å². The van der Waals surface area contributed by atoms with Gasteiger partial charge in [-0.3, -0.25) is 19.6 Å². The lowest BCUT2D eigenvalue weighted by Crippen LogP contribution is -2.27. The van der Waals surface area contributed by atoms with E-state index in [0.717, 1.165) is 11.3 Å². The molecule has 1 N–H and O–H groups in total. The number of aromatic nitrogens is 4. The summed E-state index contributed by atoms with van der Waals surface area (Å²) in [6.07, 6.45) is 4.34. The van der Waals surface area contributed by atoms with Gasteiger partial charge in [0.05, 0.1) is 16.8 Å². The lowest BCUT2D eigenvalue weighted by Gasteiger charge is -2.05. The number of nitro groups is 1. The van der Waals surface area contributed by atoms with E-state index in [-0.39, 0.29) is 36.2 Å². The fourth-order valence-corrected chi connectivity index (χ4v) is 3.00. The van der Waals surface area contributed by atoms with Gasteiger partial charge in [-0.1, -0.05) is 30.3 Å². The highest BCUT2D eigenvalue weighted by Crippen LogP contribution is 2.28. The predicted molar refractivity (Wildman–Crippen MR) is 110 cm³/mol. The average Bonchev–Trinajstić information content (AvgIpc) is 3.41. The van der Waals surface area contributed by atoms with Gasteiger partial charge in [-0.15, -0.1) is 0 Å². The van der Waals surface area contributed by atoms with Crippen molar-refractivity contribution in [2.45, 2.75) is 13.1 Å². The molecule has 0 unspecified atom stereocenters. The first-order valence-electron chi connectivity index (χ1n) is 9.33. The number of nitrogens with zero attached hydrogens (tertiary/aromatic N) is 5. The van der Waals surface area contributed by atoms with E-state index in [1.54, 1.807) is 23.0 Å². The van der Waals surface area contributed by atoms with Gasteiger partial charge in [0, 0.05) is 18.3 Å². The van der Waals surface area contributed by atoms with Crippen molar-refractivity contribution >= 4 is 11.6 Å². The molecule has 156 valence electrons. The highest BCUT2D eigenvalue weighted by molar-refractivity contribution is 5.76. The number of carbonyl (C=O) groups excluding carboxylic acids is 1. The fourth-order valence-electron chi connectivity index (χ4n) is 3.00. The van der Waals surface area contributed by atoms with Gasteiger partial charge in [-0.25, -0.2) is 9.07 Å². The Morgan fingerprint density at radius 1 is 1.10 bits per heavy atom. The number of halogens is 1. The number of amides is 1. The van der Waals surface area contributed by atoms with Crippen molar-refractivity contribution in [1.82, 2.24) is 24.9 Å². The van der Waals surface area contributed by atoms with Crippen molar-refractivity contribution in [3.63, 3.8) is 0 Å².